The summed E-state index contributed by atoms with van der Waals surface area (Å²) in [4.78, 5) is 12.1. The van der Waals surface area contributed by atoms with Crippen molar-refractivity contribution in [1.29, 1.82) is 0 Å². The summed E-state index contributed by atoms with van der Waals surface area (Å²) in [5.74, 6) is -0.0102. The largest absolute Gasteiger partial charge is 0.324 e. The number of carbonyl (C=O) groups excluding carboxylic acids is 1. The fourth-order valence-electron chi connectivity index (χ4n) is 1.59. The quantitative estimate of drug-likeness (QED) is 0.840. The van der Waals surface area contributed by atoms with Crippen molar-refractivity contribution in [2.75, 3.05) is 12.4 Å². The highest BCUT2D eigenvalue weighted by atomic mass is 16.2. The Labute approximate surface area is 104 Å². The van der Waals surface area contributed by atoms with Crippen LogP contribution < -0.4 is 10.6 Å². The van der Waals surface area contributed by atoms with Gasteiger partial charge in [-0.05, 0) is 45.4 Å². The minimum atomic E-state index is -0.562. The Morgan fingerprint density at radius 3 is 2.53 bits per heavy atom. The lowest BCUT2D eigenvalue weighted by atomic mass is 10.0. The molecular weight excluding hydrogens is 212 g/mol. The van der Waals surface area contributed by atoms with Crippen LogP contribution in [0.2, 0.25) is 0 Å². The van der Waals surface area contributed by atoms with Crippen molar-refractivity contribution in [3.8, 4) is 0 Å². The molecule has 0 spiro atoms. The number of carbonyl (C=O) groups is 1. The van der Waals surface area contributed by atoms with Gasteiger partial charge in [-0.1, -0.05) is 25.1 Å². The second-order valence-corrected chi connectivity index (χ2v) is 4.79. The van der Waals surface area contributed by atoms with Gasteiger partial charge >= 0.3 is 0 Å². The van der Waals surface area contributed by atoms with E-state index in [0.29, 0.717) is 0 Å². The molecule has 17 heavy (non-hydrogen) atoms. The van der Waals surface area contributed by atoms with Crippen LogP contribution in [0.3, 0.4) is 0 Å². The van der Waals surface area contributed by atoms with Crippen LogP contribution in [-0.4, -0.2) is 18.5 Å². The van der Waals surface area contributed by atoms with E-state index in [1.165, 1.54) is 5.56 Å². The maximum Gasteiger partial charge on any atom is 0.244 e. The molecule has 3 nitrogen and oxygen atoms in total. The second-order valence-electron chi connectivity index (χ2n) is 4.79. The van der Waals surface area contributed by atoms with Crippen LogP contribution in [0.4, 0.5) is 5.69 Å². The van der Waals surface area contributed by atoms with Crippen molar-refractivity contribution < 1.29 is 4.79 Å². The molecule has 0 radical (unpaired) electrons. The lowest BCUT2D eigenvalue weighted by Gasteiger charge is -2.24. The van der Waals surface area contributed by atoms with E-state index < -0.39 is 5.54 Å². The molecule has 3 heteroatoms. The van der Waals surface area contributed by atoms with Crippen LogP contribution in [0.5, 0.6) is 0 Å². The van der Waals surface area contributed by atoms with Gasteiger partial charge in [0.15, 0.2) is 0 Å². The third-order valence-electron chi connectivity index (χ3n) is 3.17. The van der Waals surface area contributed by atoms with Gasteiger partial charge in [-0.3, -0.25) is 4.79 Å². The Morgan fingerprint density at radius 2 is 2.00 bits per heavy atom. The predicted molar refractivity (Wildman–Crippen MR) is 72.3 cm³/mol. The molecule has 0 aliphatic heterocycles. The Balaban J connectivity index is 2.99. The summed E-state index contributed by atoms with van der Waals surface area (Å²) in [6.45, 7) is 7.84. The topological polar surface area (TPSA) is 41.1 Å². The van der Waals surface area contributed by atoms with Crippen molar-refractivity contribution in [3.05, 3.63) is 29.3 Å². The smallest absolute Gasteiger partial charge is 0.244 e. The molecule has 0 fully saturated rings. The fourth-order valence-corrected chi connectivity index (χ4v) is 1.59. The molecule has 0 heterocycles. The molecule has 1 amide bonds. The number of aryl methyl sites for hydroxylation is 2. The molecule has 1 aromatic rings. The Kier molecular flexibility index (Phi) is 4.29. The fraction of sp³-hybridized carbons (Fsp3) is 0.500. The lowest BCUT2D eigenvalue weighted by Crippen LogP contribution is -2.48. The highest BCUT2D eigenvalue weighted by Gasteiger charge is 2.25. The number of rotatable bonds is 4. The predicted octanol–water partition coefficient (Wildman–Crippen LogP) is 2.49. The second kappa shape index (κ2) is 5.32. The zero-order valence-corrected chi connectivity index (χ0v) is 11.3. The van der Waals surface area contributed by atoms with Gasteiger partial charge in [0.05, 0.1) is 5.54 Å². The van der Waals surface area contributed by atoms with Crippen LogP contribution in [0.1, 0.15) is 31.9 Å². The number of para-hydroxylation sites is 1. The van der Waals surface area contributed by atoms with Crippen LogP contribution >= 0.6 is 0 Å². The van der Waals surface area contributed by atoms with Gasteiger partial charge in [-0.2, -0.15) is 0 Å². The summed E-state index contributed by atoms with van der Waals surface area (Å²) in [6.07, 6.45) is 0.914. The summed E-state index contributed by atoms with van der Waals surface area (Å²) < 4.78 is 0. The Bertz CT molecular complexity index is 411. The van der Waals surface area contributed by atoms with E-state index >= 15 is 0 Å². The molecule has 0 bridgehead atoms. The van der Waals surface area contributed by atoms with Gasteiger partial charge < -0.3 is 10.6 Å². The van der Waals surface area contributed by atoms with E-state index in [2.05, 4.69) is 23.6 Å². The number of hydrogen-bond donors (Lipinski definition) is 2. The molecule has 0 saturated heterocycles. The van der Waals surface area contributed by atoms with Crippen molar-refractivity contribution >= 4 is 11.6 Å². The van der Waals surface area contributed by atoms with E-state index in [4.69, 9.17) is 0 Å². The first kappa shape index (κ1) is 13.7. The molecule has 0 aliphatic rings. The van der Waals surface area contributed by atoms with Gasteiger partial charge in [0.1, 0.15) is 0 Å². The summed E-state index contributed by atoms with van der Waals surface area (Å²) in [5, 5.41) is 6.03. The van der Waals surface area contributed by atoms with E-state index in [1.54, 1.807) is 7.05 Å². The molecule has 0 aliphatic carbocycles. The van der Waals surface area contributed by atoms with Gasteiger partial charge in [0.2, 0.25) is 5.91 Å². The van der Waals surface area contributed by atoms with Gasteiger partial charge in [-0.15, -0.1) is 0 Å². The Morgan fingerprint density at radius 1 is 1.35 bits per heavy atom. The first-order valence-electron chi connectivity index (χ1n) is 6.01. The van der Waals surface area contributed by atoms with E-state index in [9.17, 15) is 4.79 Å². The van der Waals surface area contributed by atoms with E-state index in [1.807, 2.05) is 32.9 Å². The zero-order valence-electron chi connectivity index (χ0n) is 11.3. The average Bonchev–Trinajstić information content (AvgIpc) is 2.31. The van der Waals surface area contributed by atoms with Crippen LogP contribution in [0.15, 0.2) is 18.2 Å². The normalized spacial score (nSPS) is 11.4. The van der Waals surface area contributed by atoms with Gasteiger partial charge in [-0.25, -0.2) is 0 Å². The summed E-state index contributed by atoms with van der Waals surface area (Å²) in [6, 6.07) is 6.09. The molecule has 0 aromatic heterocycles. The summed E-state index contributed by atoms with van der Waals surface area (Å²) >= 11 is 0. The number of amides is 1. The highest BCUT2D eigenvalue weighted by molar-refractivity contribution is 5.98. The maximum absolute atomic E-state index is 12.1. The third kappa shape index (κ3) is 3.07. The number of nitrogens with one attached hydrogen (secondary N) is 2. The number of hydrogen-bond acceptors (Lipinski definition) is 2. The van der Waals surface area contributed by atoms with Gasteiger partial charge in [0.25, 0.3) is 0 Å². The SMILES string of the molecule is CCc1cccc(C)c1NC(=O)C(C)(C)NC. The first-order valence-corrected chi connectivity index (χ1v) is 6.01. The first-order chi connectivity index (χ1) is 7.92. The molecule has 0 atom stereocenters. The number of likely N-dealkylation sites (N-methyl/N-ethyl adjacent to an activating group) is 1. The molecule has 1 aromatic carbocycles. The molecule has 0 saturated carbocycles. The summed E-state index contributed by atoms with van der Waals surface area (Å²) in [5.41, 5.74) is 2.66. The van der Waals surface area contributed by atoms with E-state index in [0.717, 1.165) is 17.7 Å². The zero-order chi connectivity index (χ0) is 13.1. The van der Waals surface area contributed by atoms with Crippen LogP contribution in [0.25, 0.3) is 0 Å². The van der Waals surface area contributed by atoms with Crippen LogP contribution in [-0.2, 0) is 11.2 Å². The van der Waals surface area contributed by atoms with Crippen molar-refractivity contribution in [1.82, 2.24) is 5.32 Å². The summed E-state index contributed by atoms with van der Waals surface area (Å²) in [7, 11) is 1.79. The lowest BCUT2D eigenvalue weighted by molar-refractivity contribution is -0.121. The average molecular weight is 234 g/mol. The molecule has 94 valence electrons. The minimum Gasteiger partial charge on any atom is -0.324 e. The van der Waals surface area contributed by atoms with Crippen molar-refractivity contribution in [2.24, 2.45) is 0 Å². The number of benzene rings is 1. The van der Waals surface area contributed by atoms with E-state index in [-0.39, 0.29) is 5.91 Å². The van der Waals surface area contributed by atoms with Crippen LogP contribution in [0, 0.1) is 6.92 Å². The van der Waals surface area contributed by atoms with Crippen molar-refractivity contribution in [2.45, 2.75) is 39.7 Å². The molecular formula is C14H22N2O. The van der Waals surface area contributed by atoms with Crippen molar-refractivity contribution in [3.63, 3.8) is 0 Å². The monoisotopic (exact) mass is 234 g/mol. The molecule has 0 unspecified atom stereocenters. The standard InChI is InChI=1S/C14H22N2O/c1-6-11-9-7-8-10(2)12(11)16-13(17)14(3,4)15-5/h7-9,15H,6H2,1-5H3,(H,16,17). The number of anilines is 1. The van der Waals surface area contributed by atoms with Gasteiger partial charge in [0, 0.05) is 5.69 Å². The third-order valence-corrected chi connectivity index (χ3v) is 3.17. The molecule has 1 rings (SSSR count). The Hall–Kier alpha value is -1.35. The highest BCUT2D eigenvalue weighted by Crippen LogP contribution is 2.22. The molecule has 2 N–H and O–H groups in total. The maximum atomic E-state index is 12.1. The minimum absolute atomic E-state index is 0.0102.